The van der Waals surface area contributed by atoms with Crippen LogP contribution in [0, 0.1) is 0 Å². The van der Waals surface area contributed by atoms with E-state index < -0.39 is 0 Å². The molecule has 0 aliphatic heterocycles. The molecule has 0 spiro atoms. The molecular weight excluding hydrogens is 232 g/mol. The highest BCUT2D eigenvalue weighted by molar-refractivity contribution is 5.78. The first-order valence-electron chi connectivity index (χ1n) is 8.48. The zero-order chi connectivity index (χ0) is 14.2. The van der Waals surface area contributed by atoms with Crippen molar-refractivity contribution in [2.45, 2.75) is 97.3 Å². The third-order valence-electron chi connectivity index (χ3n) is 3.51. The molecule has 0 rings (SSSR count). The SMILES string of the molecule is CCCC=CCCCCCCCCC(=O)CCCC. The maximum absolute atomic E-state index is 11.5. The number of hydrogen-bond acceptors (Lipinski definition) is 1. The number of Topliss-reactive ketones (excluding diaryl/α,β-unsaturated/α-hetero) is 1. The molecular formula is C18H34O. The highest BCUT2D eigenvalue weighted by Crippen LogP contribution is 2.10. The molecule has 1 nitrogen and oxygen atoms in total. The molecule has 0 aromatic heterocycles. The molecule has 0 aromatic carbocycles. The van der Waals surface area contributed by atoms with Gasteiger partial charge in [0.15, 0.2) is 0 Å². The number of allylic oxidation sites excluding steroid dienone is 2. The maximum atomic E-state index is 11.5. The van der Waals surface area contributed by atoms with Crippen LogP contribution in [0.3, 0.4) is 0 Å². The van der Waals surface area contributed by atoms with Crippen molar-refractivity contribution in [2.75, 3.05) is 0 Å². The largest absolute Gasteiger partial charge is 0.300 e. The normalized spacial score (nSPS) is 11.3. The second-order valence-corrected chi connectivity index (χ2v) is 5.56. The van der Waals surface area contributed by atoms with Crippen LogP contribution in [-0.4, -0.2) is 5.78 Å². The fourth-order valence-corrected chi connectivity index (χ4v) is 2.19. The van der Waals surface area contributed by atoms with E-state index in [1.54, 1.807) is 0 Å². The highest BCUT2D eigenvalue weighted by Gasteiger charge is 2.00. The highest BCUT2D eigenvalue weighted by atomic mass is 16.1. The Bertz CT molecular complexity index is 218. The van der Waals surface area contributed by atoms with Crippen LogP contribution in [0.5, 0.6) is 0 Å². The zero-order valence-corrected chi connectivity index (χ0v) is 13.3. The van der Waals surface area contributed by atoms with Gasteiger partial charge in [0.2, 0.25) is 0 Å². The molecule has 0 amide bonds. The number of carbonyl (C=O) groups is 1. The van der Waals surface area contributed by atoms with E-state index in [1.165, 1.54) is 51.4 Å². The molecule has 0 aliphatic rings. The maximum Gasteiger partial charge on any atom is 0.132 e. The van der Waals surface area contributed by atoms with E-state index >= 15 is 0 Å². The van der Waals surface area contributed by atoms with Gasteiger partial charge in [-0.15, -0.1) is 0 Å². The van der Waals surface area contributed by atoms with E-state index in [9.17, 15) is 4.79 Å². The molecule has 19 heavy (non-hydrogen) atoms. The third-order valence-corrected chi connectivity index (χ3v) is 3.51. The van der Waals surface area contributed by atoms with Crippen LogP contribution in [0.1, 0.15) is 97.3 Å². The lowest BCUT2D eigenvalue weighted by molar-refractivity contribution is -0.119. The summed E-state index contributed by atoms with van der Waals surface area (Å²) in [6.45, 7) is 4.36. The lowest BCUT2D eigenvalue weighted by Gasteiger charge is -2.01. The topological polar surface area (TPSA) is 17.1 Å². The second kappa shape index (κ2) is 15.5. The molecule has 0 fully saturated rings. The summed E-state index contributed by atoms with van der Waals surface area (Å²) in [7, 11) is 0. The number of unbranched alkanes of at least 4 members (excludes halogenated alkanes) is 8. The van der Waals surface area contributed by atoms with Crippen molar-refractivity contribution in [1.82, 2.24) is 0 Å². The van der Waals surface area contributed by atoms with Gasteiger partial charge in [0.1, 0.15) is 5.78 Å². The lowest BCUT2D eigenvalue weighted by Crippen LogP contribution is -1.96. The van der Waals surface area contributed by atoms with Crippen LogP contribution in [0.15, 0.2) is 12.2 Å². The van der Waals surface area contributed by atoms with Gasteiger partial charge in [0.25, 0.3) is 0 Å². The summed E-state index contributed by atoms with van der Waals surface area (Å²) >= 11 is 0. The molecule has 0 atom stereocenters. The van der Waals surface area contributed by atoms with Gasteiger partial charge in [0, 0.05) is 12.8 Å². The molecule has 112 valence electrons. The van der Waals surface area contributed by atoms with Gasteiger partial charge in [-0.3, -0.25) is 4.79 Å². The molecule has 0 N–H and O–H groups in total. The first-order chi connectivity index (χ1) is 9.31. The molecule has 0 radical (unpaired) electrons. The monoisotopic (exact) mass is 266 g/mol. The Kier molecular flexibility index (Phi) is 15.0. The van der Waals surface area contributed by atoms with E-state index in [0.29, 0.717) is 5.78 Å². The fourth-order valence-electron chi connectivity index (χ4n) is 2.19. The summed E-state index contributed by atoms with van der Waals surface area (Å²) in [5.74, 6) is 0.475. The molecule has 0 bridgehead atoms. The van der Waals surface area contributed by atoms with Crippen molar-refractivity contribution >= 4 is 5.78 Å². The van der Waals surface area contributed by atoms with Crippen LogP contribution in [0.2, 0.25) is 0 Å². The summed E-state index contributed by atoms with van der Waals surface area (Å²) in [6, 6.07) is 0. The molecule has 0 aromatic rings. The van der Waals surface area contributed by atoms with Gasteiger partial charge in [-0.1, -0.05) is 64.5 Å². The number of ketones is 1. The second-order valence-electron chi connectivity index (χ2n) is 5.56. The van der Waals surface area contributed by atoms with Gasteiger partial charge < -0.3 is 0 Å². The molecule has 1 heteroatoms. The minimum absolute atomic E-state index is 0.475. The fraction of sp³-hybridized carbons (Fsp3) is 0.833. The molecule has 0 aliphatic carbocycles. The van der Waals surface area contributed by atoms with Crippen LogP contribution < -0.4 is 0 Å². The molecule has 0 heterocycles. The summed E-state index contributed by atoms with van der Waals surface area (Å²) in [5.41, 5.74) is 0. The number of hydrogen-bond donors (Lipinski definition) is 0. The van der Waals surface area contributed by atoms with E-state index in [4.69, 9.17) is 0 Å². The van der Waals surface area contributed by atoms with E-state index in [1.807, 2.05) is 0 Å². The number of carbonyl (C=O) groups excluding carboxylic acids is 1. The predicted molar refractivity (Wildman–Crippen MR) is 85.5 cm³/mol. The molecule has 0 saturated carbocycles. The Hall–Kier alpha value is -0.590. The summed E-state index contributed by atoms with van der Waals surface area (Å²) < 4.78 is 0. The van der Waals surface area contributed by atoms with Crippen LogP contribution in [-0.2, 0) is 4.79 Å². The minimum atomic E-state index is 0.475. The third kappa shape index (κ3) is 15.4. The van der Waals surface area contributed by atoms with Crippen molar-refractivity contribution in [3.8, 4) is 0 Å². The first-order valence-corrected chi connectivity index (χ1v) is 8.48. The van der Waals surface area contributed by atoms with Gasteiger partial charge in [-0.2, -0.15) is 0 Å². The van der Waals surface area contributed by atoms with Gasteiger partial charge >= 0.3 is 0 Å². The zero-order valence-electron chi connectivity index (χ0n) is 13.3. The van der Waals surface area contributed by atoms with Crippen LogP contribution in [0.25, 0.3) is 0 Å². The summed E-state index contributed by atoms with van der Waals surface area (Å²) in [4.78, 5) is 11.5. The van der Waals surface area contributed by atoms with E-state index in [-0.39, 0.29) is 0 Å². The average Bonchev–Trinajstić information content (AvgIpc) is 2.42. The van der Waals surface area contributed by atoms with E-state index in [0.717, 1.165) is 32.1 Å². The van der Waals surface area contributed by atoms with Crippen LogP contribution in [0.4, 0.5) is 0 Å². The average molecular weight is 266 g/mol. The predicted octanol–water partition coefficient (Wildman–Crippen LogP) is 6.22. The van der Waals surface area contributed by atoms with Crippen LogP contribution >= 0.6 is 0 Å². The van der Waals surface area contributed by atoms with Crippen molar-refractivity contribution in [1.29, 1.82) is 0 Å². The summed E-state index contributed by atoms with van der Waals surface area (Å²) in [5, 5.41) is 0. The first kappa shape index (κ1) is 18.4. The van der Waals surface area contributed by atoms with Crippen molar-refractivity contribution in [2.24, 2.45) is 0 Å². The Morgan fingerprint density at radius 3 is 1.95 bits per heavy atom. The lowest BCUT2D eigenvalue weighted by atomic mass is 10.0. The van der Waals surface area contributed by atoms with Crippen molar-refractivity contribution < 1.29 is 4.79 Å². The molecule has 0 unspecified atom stereocenters. The smallest absolute Gasteiger partial charge is 0.132 e. The number of rotatable bonds is 14. The Morgan fingerprint density at radius 1 is 0.684 bits per heavy atom. The Labute approximate surface area is 120 Å². The van der Waals surface area contributed by atoms with Crippen molar-refractivity contribution in [3.05, 3.63) is 12.2 Å². The standard InChI is InChI=1S/C18H34O/c1-3-5-7-8-9-10-11-12-13-14-15-17-18(19)16-6-4-2/h7-8H,3-6,9-17H2,1-2H3. The van der Waals surface area contributed by atoms with Gasteiger partial charge in [0.05, 0.1) is 0 Å². The van der Waals surface area contributed by atoms with Gasteiger partial charge in [-0.25, -0.2) is 0 Å². The van der Waals surface area contributed by atoms with Gasteiger partial charge in [-0.05, 0) is 32.1 Å². The Balaban J connectivity index is 3.12. The quantitative estimate of drug-likeness (QED) is 0.269. The van der Waals surface area contributed by atoms with Crippen molar-refractivity contribution in [3.63, 3.8) is 0 Å². The summed E-state index contributed by atoms with van der Waals surface area (Å²) in [6.07, 6.45) is 19.9. The minimum Gasteiger partial charge on any atom is -0.300 e. The Morgan fingerprint density at radius 2 is 1.26 bits per heavy atom. The van der Waals surface area contributed by atoms with E-state index in [2.05, 4.69) is 26.0 Å². The molecule has 0 saturated heterocycles.